The standard InChI is InChI=1S/C9H9N3O4/c10-4-1-7-6(12-9(15)16-7)2-5(4)11-3-8(13)14/h1-2,11H,3,10H2,(H,12,15)(H,13,14). The monoisotopic (exact) mass is 223 g/mol. The molecule has 0 radical (unpaired) electrons. The first-order valence-corrected chi connectivity index (χ1v) is 4.44. The van der Waals surface area contributed by atoms with E-state index < -0.39 is 11.7 Å². The zero-order valence-electron chi connectivity index (χ0n) is 8.11. The molecule has 84 valence electrons. The number of hydrogen-bond donors (Lipinski definition) is 4. The molecule has 1 aromatic heterocycles. The molecule has 2 rings (SSSR count). The molecule has 1 aromatic carbocycles. The zero-order valence-corrected chi connectivity index (χ0v) is 8.11. The first-order chi connectivity index (χ1) is 7.56. The number of rotatable bonds is 3. The number of aliphatic carboxylic acids is 1. The molecule has 0 aliphatic carbocycles. The van der Waals surface area contributed by atoms with Crippen molar-refractivity contribution in [1.29, 1.82) is 0 Å². The minimum Gasteiger partial charge on any atom is -0.480 e. The summed E-state index contributed by atoms with van der Waals surface area (Å²) < 4.78 is 4.79. The Labute approximate surface area is 88.9 Å². The summed E-state index contributed by atoms with van der Waals surface area (Å²) in [6, 6.07) is 2.98. The second kappa shape index (κ2) is 3.61. The Balaban J connectivity index is 2.41. The average Bonchev–Trinajstić information content (AvgIpc) is 2.53. The van der Waals surface area contributed by atoms with E-state index in [-0.39, 0.29) is 6.54 Å². The van der Waals surface area contributed by atoms with E-state index in [1.165, 1.54) is 12.1 Å². The van der Waals surface area contributed by atoms with Crippen LogP contribution in [0, 0.1) is 0 Å². The maximum Gasteiger partial charge on any atom is 0.417 e. The lowest BCUT2D eigenvalue weighted by molar-refractivity contribution is -0.134. The third-order valence-electron chi connectivity index (χ3n) is 2.02. The van der Waals surface area contributed by atoms with Gasteiger partial charge < -0.3 is 20.6 Å². The van der Waals surface area contributed by atoms with Crippen LogP contribution < -0.4 is 16.8 Å². The Morgan fingerprint density at radius 2 is 2.31 bits per heavy atom. The fourth-order valence-corrected chi connectivity index (χ4v) is 1.34. The largest absolute Gasteiger partial charge is 0.480 e. The lowest BCUT2D eigenvalue weighted by Crippen LogP contribution is -2.13. The van der Waals surface area contributed by atoms with Gasteiger partial charge in [-0.25, -0.2) is 4.79 Å². The van der Waals surface area contributed by atoms with E-state index >= 15 is 0 Å². The van der Waals surface area contributed by atoms with Crippen LogP contribution in [0.15, 0.2) is 21.3 Å². The molecule has 2 aromatic rings. The van der Waals surface area contributed by atoms with E-state index in [1.54, 1.807) is 0 Å². The molecule has 0 aliphatic heterocycles. The SMILES string of the molecule is Nc1cc2oc(=O)[nH]c2cc1NCC(=O)O. The molecule has 0 amide bonds. The summed E-state index contributed by atoms with van der Waals surface area (Å²) in [6.07, 6.45) is 0. The summed E-state index contributed by atoms with van der Waals surface area (Å²) in [4.78, 5) is 23.7. The van der Waals surface area contributed by atoms with Gasteiger partial charge in [-0.15, -0.1) is 0 Å². The minimum absolute atomic E-state index is 0.252. The van der Waals surface area contributed by atoms with E-state index in [0.29, 0.717) is 22.5 Å². The minimum atomic E-state index is -1.000. The summed E-state index contributed by atoms with van der Waals surface area (Å²) in [7, 11) is 0. The van der Waals surface area contributed by atoms with Crippen LogP contribution >= 0.6 is 0 Å². The number of aromatic amines is 1. The van der Waals surface area contributed by atoms with Crippen molar-refractivity contribution in [3.63, 3.8) is 0 Å². The van der Waals surface area contributed by atoms with Crippen molar-refractivity contribution in [2.75, 3.05) is 17.6 Å². The van der Waals surface area contributed by atoms with Crippen LogP contribution in [0.3, 0.4) is 0 Å². The molecule has 0 fully saturated rings. The van der Waals surface area contributed by atoms with E-state index in [1.807, 2.05) is 0 Å². The van der Waals surface area contributed by atoms with Crippen LogP contribution in [0.2, 0.25) is 0 Å². The van der Waals surface area contributed by atoms with Crippen LogP contribution in [0.25, 0.3) is 11.1 Å². The second-order valence-electron chi connectivity index (χ2n) is 3.20. The Hall–Kier alpha value is -2.44. The van der Waals surface area contributed by atoms with Crippen molar-refractivity contribution in [3.8, 4) is 0 Å². The number of fused-ring (bicyclic) bond motifs is 1. The van der Waals surface area contributed by atoms with Gasteiger partial charge in [-0.3, -0.25) is 9.78 Å². The summed E-state index contributed by atoms with van der Waals surface area (Å²) in [5, 5.41) is 11.1. The van der Waals surface area contributed by atoms with Crippen molar-refractivity contribution in [2.45, 2.75) is 0 Å². The normalized spacial score (nSPS) is 10.5. The zero-order chi connectivity index (χ0) is 11.7. The third-order valence-corrected chi connectivity index (χ3v) is 2.02. The number of benzene rings is 1. The predicted molar refractivity (Wildman–Crippen MR) is 57.4 cm³/mol. The fourth-order valence-electron chi connectivity index (χ4n) is 1.34. The highest BCUT2D eigenvalue weighted by Gasteiger charge is 2.07. The van der Waals surface area contributed by atoms with Crippen LogP contribution in [0.4, 0.5) is 11.4 Å². The average molecular weight is 223 g/mol. The highest BCUT2D eigenvalue weighted by Crippen LogP contribution is 2.23. The molecule has 0 atom stereocenters. The number of oxazole rings is 1. The van der Waals surface area contributed by atoms with E-state index in [4.69, 9.17) is 15.3 Å². The van der Waals surface area contributed by atoms with Gasteiger partial charge in [-0.2, -0.15) is 0 Å². The van der Waals surface area contributed by atoms with Crippen LogP contribution in [0.1, 0.15) is 0 Å². The molecule has 0 unspecified atom stereocenters. The molecular formula is C9H9N3O4. The fraction of sp³-hybridized carbons (Fsp3) is 0.111. The number of aromatic nitrogens is 1. The molecule has 1 heterocycles. The quantitative estimate of drug-likeness (QED) is 0.551. The number of carboxylic acids is 1. The molecule has 0 saturated heterocycles. The topological polar surface area (TPSA) is 121 Å². The van der Waals surface area contributed by atoms with Crippen LogP contribution in [-0.4, -0.2) is 22.6 Å². The molecule has 0 spiro atoms. The van der Waals surface area contributed by atoms with Gasteiger partial charge in [0, 0.05) is 6.07 Å². The highest BCUT2D eigenvalue weighted by molar-refractivity contribution is 5.86. The molecule has 5 N–H and O–H groups in total. The van der Waals surface area contributed by atoms with E-state index in [2.05, 4.69) is 10.3 Å². The number of carboxylic acid groups (broad SMARTS) is 1. The molecule has 0 saturated carbocycles. The summed E-state index contributed by atoms with van der Waals surface area (Å²) in [5.41, 5.74) is 7.21. The molecular weight excluding hydrogens is 214 g/mol. The number of hydrogen-bond acceptors (Lipinski definition) is 5. The first kappa shape index (κ1) is 10.1. The lowest BCUT2D eigenvalue weighted by atomic mass is 10.2. The Bertz CT molecular complexity index is 598. The molecule has 0 bridgehead atoms. The maximum absolute atomic E-state index is 10.9. The van der Waals surface area contributed by atoms with Gasteiger partial charge in [-0.05, 0) is 6.07 Å². The molecule has 7 nitrogen and oxygen atoms in total. The number of carbonyl (C=O) groups is 1. The van der Waals surface area contributed by atoms with Crippen LogP contribution in [-0.2, 0) is 4.79 Å². The van der Waals surface area contributed by atoms with Gasteiger partial charge in [-0.1, -0.05) is 0 Å². The summed E-state index contributed by atoms with van der Waals surface area (Å²) >= 11 is 0. The Morgan fingerprint density at radius 3 is 3.00 bits per heavy atom. The van der Waals surface area contributed by atoms with Crippen molar-refractivity contribution in [2.24, 2.45) is 0 Å². The van der Waals surface area contributed by atoms with Crippen molar-refractivity contribution >= 4 is 28.4 Å². The predicted octanol–water partition coefficient (Wildman–Crippen LogP) is 0.200. The Morgan fingerprint density at radius 1 is 1.56 bits per heavy atom. The van der Waals surface area contributed by atoms with Gasteiger partial charge in [0.05, 0.1) is 16.9 Å². The van der Waals surface area contributed by atoms with Gasteiger partial charge >= 0.3 is 11.7 Å². The smallest absolute Gasteiger partial charge is 0.417 e. The van der Waals surface area contributed by atoms with E-state index in [0.717, 1.165) is 0 Å². The summed E-state index contributed by atoms with van der Waals surface area (Å²) in [5.74, 6) is -1.58. The van der Waals surface area contributed by atoms with E-state index in [9.17, 15) is 9.59 Å². The molecule has 0 aliphatic rings. The number of nitrogens with two attached hydrogens (primary N) is 1. The van der Waals surface area contributed by atoms with Gasteiger partial charge in [0.1, 0.15) is 6.54 Å². The van der Waals surface area contributed by atoms with Gasteiger partial charge in [0.25, 0.3) is 0 Å². The Kier molecular flexibility index (Phi) is 2.28. The number of nitrogens with one attached hydrogen (secondary N) is 2. The van der Waals surface area contributed by atoms with Crippen molar-refractivity contribution in [3.05, 3.63) is 22.7 Å². The summed E-state index contributed by atoms with van der Waals surface area (Å²) in [6.45, 7) is -0.252. The number of H-pyrrole nitrogens is 1. The van der Waals surface area contributed by atoms with Crippen molar-refractivity contribution in [1.82, 2.24) is 4.98 Å². The van der Waals surface area contributed by atoms with Gasteiger partial charge in [0.2, 0.25) is 0 Å². The molecule has 7 heteroatoms. The number of anilines is 2. The second-order valence-corrected chi connectivity index (χ2v) is 3.20. The highest BCUT2D eigenvalue weighted by atomic mass is 16.4. The third kappa shape index (κ3) is 1.83. The van der Waals surface area contributed by atoms with Crippen LogP contribution in [0.5, 0.6) is 0 Å². The van der Waals surface area contributed by atoms with Crippen molar-refractivity contribution < 1.29 is 14.3 Å². The maximum atomic E-state index is 10.9. The lowest BCUT2D eigenvalue weighted by Gasteiger charge is -2.06. The van der Waals surface area contributed by atoms with Gasteiger partial charge in [0.15, 0.2) is 5.58 Å². The number of nitrogen functional groups attached to an aromatic ring is 1. The first-order valence-electron chi connectivity index (χ1n) is 4.44. The molecule has 16 heavy (non-hydrogen) atoms.